The van der Waals surface area contributed by atoms with Crippen molar-refractivity contribution >= 4 is 11.8 Å². The van der Waals surface area contributed by atoms with Gasteiger partial charge in [-0.05, 0) is 17.7 Å². The van der Waals surface area contributed by atoms with Crippen LogP contribution < -0.4 is 11.2 Å². The first kappa shape index (κ1) is 9.34. The number of carbonyl (C=O) groups is 1. The summed E-state index contributed by atoms with van der Waals surface area (Å²) in [6, 6.07) is 6.72. The van der Waals surface area contributed by atoms with Crippen LogP contribution in [0.3, 0.4) is 0 Å². The molecule has 4 N–H and O–H groups in total. The van der Waals surface area contributed by atoms with Crippen LogP contribution in [0.25, 0.3) is 0 Å². The Morgan fingerprint density at radius 2 is 2.08 bits per heavy atom. The molecule has 0 saturated carbocycles. The topological polar surface area (TPSA) is 84.6 Å². The standard InChI is InChI=1S/C8H10N2O3/c9-8(12)13-10-7-3-1-6(5-11)2-4-7/h1-4,10-11H,5H2,(H2,9,12). The maximum Gasteiger partial charge on any atom is 0.428 e. The van der Waals surface area contributed by atoms with Crippen LogP contribution in [0.15, 0.2) is 24.3 Å². The number of aliphatic hydroxyl groups excluding tert-OH is 1. The molecule has 13 heavy (non-hydrogen) atoms. The molecule has 0 spiro atoms. The third-order valence-electron chi connectivity index (χ3n) is 1.41. The monoisotopic (exact) mass is 182 g/mol. The summed E-state index contributed by atoms with van der Waals surface area (Å²) in [5.41, 5.74) is 8.45. The van der Waals surface area contributed by atoms with Gasteiger partial charge in [0.05, 0.1) is 12.3 Å². The second kappa shape index (κ2) is 4.32. The van der Waals surface area contributed by atoms with Gasteiger partial charge in [-0.3, -0.25) is 0 Å². The zero-order valence-corrected chi connectivity index (χ0v) is 6.86. The van der Waals surface area contributed by atoms with E-state index in [2.05, 4.69) is 10.3 Å². The number of hydrogen-bond donors (Lipinski definition) is 3. The second-order valence-electron chi connectivity index (χ2n) is 2.38. The van der Waals surface area contributed by atoms with E-state index in [4.69, 9.17) is 10.8 Å². The van der Waals surface area contributed by atoms with Gasteiger partial charge in [0.15, 0.2) is 0 Å². The molecule has 0 bridgehead atoms. The molecule has 0 fully saturated rings. The van der Waals surface area contributed by atoms with Crippen molar-refractivity contribution in [1.82, 2.24) is 0 Å². The molecule has 0 radical (unpaired) electrons. The molecule has 0 unspecified atom stereocenters. The van der Waals surface area contributed by atoms with Crippen molar-refractivity contribution in [2.45, 2.75) is 6.61 Å². The van der Waals surface area contributed by atoms with E-state index in [0.29, 0.717) is 5.69 Å². The fraction of sp³-hybridized carbons (Fsp3) is 0.125. The highest BCUT2D eigenvalue weighted by atomic mass is 16.7. The minimum atomic E-state index is -0.897. The third kappa shape index (κ3) is 3.00. The summed E-state index contributed by atoms with van der Waals surface area (Å²) in [7, 11) is 0. The quantitative estimate of drug-likeness (QED) is 0.597. The average molecular weight is 182 g/mol. The number of amides is 1. The van der Waals surface area contributed by atoms with Gasteiger partial charge in [0, 0.05) is 0 Å². The molecule has 1 rings (SSSR count). The number of carbonyl (C=O) groups excluding carboxylic acids is 1. The molecule has 5 nitrogen and oxygen atoms in total. The molecule has 1 amide bonds. The minimum absolute atomic E-state index is 0.0169. The zero-order chi connectivity index (χ0) is 9.68. The smallest absolute Gasteiger partial charge is 0.392 e. The number of anilines is 1. The maximum absolute atomic E-state index is 10.2. The number of primary amides is 1. The first-order valence-corrected chi connectivity index (χ1v) is 3.64. The fourth-order valence-electron chi connectivity index (χ4n) is 0.787. The van der Waals surface area contributed by atoms with Crippen LogP contribution in [0.1, 0.15) is 5.56 Å². The molecular weight excluding hydrogens is 172 g/mol. The normalized spacial score (nSPS) is 9.31. The molecule has 1 aromatic carbocycles. The summed E-state index contributed by atoms with van der Waals surface area (Å²) in [5.74, 6) is 0. The van der Waals surface area contributed by atoms with Gasteiger partial charge in [-0.1, -0.05) is 12.1 Å². The van der Waals surface area contributed by atoms with Crippen molar-refractivity contribution in [1.29, 1.82) is 0 Å². The van der Waals surface area contributed by atoms with E-state index in [1.165, 1.54) is 0 Å². The molecule has 0 aliphatic rings. The largest absolute Gasteiger partial charge is 0.428 e. The summed E-state index contributed by atoms with van der Waals surface area (Å²) in [4.78, 5) is 14.5. The van der Waals surface area contributed by atoms with Gasteiger partial charge in [0.25, 0.3) is 0 Å². The van der Waals surface area contributed by atoms with Crippen LogP contribution in [-0.2, 0) is 11.4 Å². The van der Waals surface area contributed by atoms with Crippen LogP contribution in [0, 0.1) is 0 Å². The lowest BCUT2D eigenvalue weighted by Gasteiger charge is -2.04. The second-order valence-corrected chi connectivity index (χ2v) is 2.38. The predicted octanol–water partition coefficient (Wildman–Crippen LogP) is 0.601. The number of benzene rings is 1. The lowest BCUT2D eigenvalue weighted by molar-refractivity contribution is 0.180. The van der Waals surface area contributed by atoms with Crippen LogP contribution in [0.2, 0.25) is 0 Å². The highest BCUT2D eigenvalue weighted by molar-refractivity contribution is 5.66. The molecule has 1 aromatic rings. The van der Waals surface area contributed by atoms with Crippen LogP contribution >= 0.6 is 0 Å². The van der Waals surface area contributed by atoms with E-state index >= 15 is 0 Å². The minimum Gasteiger partial charge on any atom is -0.392 e. The number of nitrogens with two attached hydrogens (primary N) is 1. The molecule has 0 aliphatic heterocycles. The molecule has 5 heteroatoms. The Hall–Kier alpha value is -1.75. The maximum atomic E-state index is 10.2. The summed E-state index contributed by atoms with van der Waals surface area (Å²) in [6.45, 7) is -0.0169. The average Bonchev–Trinajstić information content (AvgIpc) is 2.15. The molecule has 70 valence electrons. The predicted molar refractivity (Wildman–Crippen MR) is 46.7 cm³/mol. The van der Waals surface area contributed by atoms with Crippen LogP contribution in [0.5, 0.6) is 0 Å². The Morgan fingerprint density at radius 1 is 1.46 bits per heavy atom. The Balaban J connectivity index is 2.54. The first-order valence-electron chi connectivity index (χ1n) is 3.64. The molecule has 0 heterocycles. The number of aliphatic hydroxyl groups is 1. The number of nitrogens with one attached hydrogen (secondary N) is 1. The van der Waals surface area contributed by atoms with Gasteiger partial charge in [-0.25, -0.2) is 10.3 Å². The molecule has 0 aromatic heterocycles. The van der Waals surface area contributed by atoms with E-state index in [1.807, 2.05) is 0 Å². The summed E-state index contributed by atoms with van der Waals surface area (Å²) in [5, 5.41) is 8.72. The molecular formula is C8H10N2O3. The van der Waals surface area contributed by atoms with Crippen LogP contribution in [0.4, 0.5) is 10.5 Å². The Kier molecular flexibility index (Phi) is 3.10. The Labute approximate surface area is 75.1 Å². The Bertz CT molecular complexity index is 284. The summed E-state index contributed by atoms with van der Waals surface area (Å²) < 4.78 is 0. The highest BCUT2D eigenvalue weighted by Crippen LogP contribution is 2.08. The van der Waals surface area contributed by atoms with Crippen molar-refractivity contribution in [3.05, 3.63) is 29.8 Å². The number of rotatable bonds is 3. The van der Waals surface area contributed by atoms with E-state index in [1.54, 1.807) is 24.3 Å². The van der Waals surface area contributed by atoms with Crippen molar-refractivity contribution < 1.29 is 14.7 Å². The van der Waals surface area contributed by atoms with E-state index in [0.717, 1.165) is 5.56 Å². The summed E-state index contributed by atoms with van der Waals surface area (Å²) >= 11 is 0. The van der Waals surface area contributed by atoms with Crippen molar-refractivity contribution in [2.24, 2.45) is 5.73 Å². The van der Waals surface area contributed by atoms with Gasteiger partial charge >= 0.3 is 6.09 Å². The van der Waals surface area contributed by atoms with Gasteiger partial charge in [0.2, 0.25) is 0 Å². The zero-order valence-electron chi connectivity index (χ0n) is 6.86. The van der Waals surface area contributed by atoms with Gasteiger partial charge in [-0.2, -0.15) is 0 Å². The Morgan fingerprint density at radius 3 is 2.54 bits per heavy atom. The molecule has 0 saturated heterocycles. The van der Waals surface area contributed by atoms with Crippen molar-refractivity contribution in [3.8, 4) is 0 Å². The van der Waals surface area contributed by atoms with Gasteiger partial charge in [-0.15, -0.1) is 0 Å². The van der Waals surface area contributed by atoms with Crippen molar-refractivity contribution in [2.75, 3.05) is 5.48 Å². The fourth-order valence-corrected chi connectivity index (χ4v) is 0.787. The van der Waals surface area contributed by atoms with Gasteiger partial charge < -0.3 is 15.7 Å². The van der Waals surface area contributed by atoms with Crippen LogP contribution in [-0.4, -0.2) is 11.2 Å². The lowest BCUT2D eigenvalue weighted by Crippen LogP contribution is -2.16. The van der Waals surface area contributed by atoms with Crippen molar-refractivity contribution in [3.63, 3.8) is 0 Å². The first-order chi connectivity index (χ1) is 6.22. The van der Waals surface area contributed by atoms with Gasteiger partial charge in [0.1, 0.15) is 0 Å². The SMILES string of the molecule is NC(=O)ONc1ccc(CO)cc1. The highest BCUT2D eigenvalue weighted by Gasteiger charge is 1.95. The van der Waals surface area contributed by atoms with E-state index in [-0.39, 0.29) is 6.61 Å². The van der Waals surface area contributed by atoms with E-state index in [9.17, 15) is 4.79 Å². The van der Waals surface area contributed by atoms with E-state index < -0.39 is 6.09 Å². The third-order valence-corrected chi connectivity index (χ3v) is 1.41. The lowest BCUT2D eigenvalue weighted by atomic mass is 10.2. The summed E-state index contributed by atoms with van der Waals surface area (Å²) in [6.07, 6.45) is -0.897. The number of hydrogen-bond acceptors (Lipinski definition) is 4. The molecule has 0 atom stereocenters. The molecule has 0 aliphatic carbocycles.